The zero-order valence-corrected chi connectivity index (χ0v) is 16.3. The molecule has 0 fully saturated rings. The van der Waals surface area contributed by atoms with Crippen LogP contribution in [0, 0.1) is 10.8 Å². The van der Waals surface area contributed by atoms with Crippen LogP contribution in [-0.4, -0.2) is 29.2 Å². The highest BCUT2D eigenvalue weighted by molar-refractivity contribution is 5.98. The van der Waals surface area contributed by atoms with Crippen LogP contribution in [0.25, 0.3) is 5.76 Å². The number of carbonyl (C=O) groups excluding carboxylic acids is 1. The van der Waals surface area contributed by atoms with E-state index in [0.717, 1.165) is 11.3 Å². The molecule has 0 bridgehead atoms. The average molecular weight is 354 g/mol. The van der Waals surface area contributed by atoms with Crippen LogP contribution in [0.1, 0.15) is 50.5 Å². The molecule has 5 heteroatoms. The van der Waals surface area contributed by atoms with Crippen molar-refractivity contribution in [1.82, 2.24) is 9.55 Å². The summed E-state index contributed by atoms with van der Waals surface area (Å²) in [5.74, 6) is 1.24. The summed E-state index contributed by atoms with van der Waals surface area (Å²) < 4.78 is 13.0. The van der Waals surface area contributed by atoms with Gasteiger partial charge in [-0.05, 0) is 23.1 Å². The van der Waals surface area contributed by atoms with E-state index in [0.29, 0.717) is 17.9 Å². The molecule has 26 heavy (non-hydrogen) atoms. The number of rotatable bonds is 3. The fourth-order valence-corrected chi connectivity index (χ4v) is 3.82. The van der Waals surface area contributed by atoms with Gasteiger partial charge in [-0.15, -0.1) is 0 Å². The van der Waals surface area contributed by atoms with Crippen LogP contribution >= 0.6 is 0 Å². The maximum absolute atomic E-state index is 12.6. The fourth-order valence-electron chi connectivity index (χ4n) is 3.82. The molecule has 1 aromatic heterocycles. The number of methoxy groups -OCH3 is 1. The van der Waals surface area contributed by atoms with Crippen molar-refractivity contribution in [1.29, 1.82) is 0 Å². The van der Waals surface area contributed by atoms with Crippen LogP contribution in [0.15, 0.2) is 42.5 Å². The van der Waals surface area contributed by atoms with E-state index in [1.165, 1.54) is 16.5 Å². The number of aromatic nitrogens is 2. The van der Waals surface area contributed by atoms with Crippen molar-refractivity contribution in [2.75, 3.05) is 13.7 Å². The lowest BCUT2D eigenvalue weighted by Gasteiger charge is -2.30. The molecule has 0 radical (unpaired) electrons. The number of ether oxygens (including phenoxy) is 2. The summed E-state index contributed by atoms with van der Waals surface area (Å²) >= 11 is 0. The molecule has 0 spiro atoms. The van der Waals surface area contributed by atoms with Gasteiger partial charge in [-0.1, -0.05) is 40.7 Å². The molecule has 0 saturated heterocycles. The molecule has 3 rings (SSSR count). The Morgan fingerprint density at radius 2 is 2.04 bits per heavy atom. The van der Waals surface area contributed by atoms with Crippen molar-refractivity contribution < 1.29 is 14.3 Å². The van der Waals surface area contributed by atoms with Gasteiger partial charge < -0.3 is 9.47 Å². The van der Waals surface area contributed by atoms with E-state index in [1.54, 1.807) is 25.6 Å². The van der Waals surface area contributed by atoms with Crippen LogP contribution < -0.4 is 4.74 Å². The van der Waals surface area contributed by atoms with Gasteiger partial charge in [-0.3, -0.25) is 9.36 Å². The van der Waals surface area contributed by atoms with Crippen molar-refractivity contribution in [3.8, 4) is 5.75 Å². The van der Waals surface area contributed by atoms with Gasteiger partial charge in [0.1, 0.15) is 17.8 Å². The summed E-state index contributed by atoms with van der Waals surface area (Å²) in [6, 6.07) is 5.60. The summed E-state index contributed by atoms with van der Waals surface area (Å²) in [5, 5.41) is 0. The predicted molar refractivity (Wildman–Crippen MR) is 101 cm³/mol. The molecular formula is C21H26N2O3. The first-order valence-electron chi connectivity index (χ1n) is 8.74. The van der Waals surface area contributed by atoms with Crippen LogP contribution in [0.5, 0.6) is 5.75 Å². The SMILES string of the molecule is COc1cc(C2=C(C(C)(C)C)C(C)(C)CO2)ccc1C(=O)n1ccnc1. The molecule has 2 aromatic rings. The quantitative estimate of drug-likeness (QED) is 0.820. The van der Waals surface area contributed by atoms with Crippen molar-refractivity contribution in [2.45, 2.75) is 34.6 Å². The summed E-state index contributed by atoms with van der Waals surface area (Å²) in [4.78, 5) is 16.6. The number of imidazole rings is 1. The lowest BCUT2D eigenvalue weighted by Crippen LogP contribution is -2.24. The predicted octanol–water partition coefficient (Wildman–Crippen LogP) is 4.39. The number of benzene rings is 1. The van der Waals surface area contributed by atoms with Crippen molar-refractivity contribution >= 4 is 11.7 Å². The highest BCUT2D eigenvalue weighted by atomic mass is 16.5. The third kappa shape index (κ3) is 3.14. The van der Waals surface area contributed by atoms with E-state index >= 15 is 0 Å². The minimum absolute atomic E-state index is 0.0200. The van der Waals surface area contributed by atoms with Crippen molar-refractivity contribution in [3.05, 3.63) is 53.6 Å². The van der Waals surface area contributed by atoms with Gasteiger partial charge in [0.15, 0.2) is 0 Å². The molecule has 1 aliphatic rings. The standard InChI is InChI=1S/C21H26N2O3/c1-20(2,3)18-17(26-12-21(18,4)5)14-7-8-15(16(11-14)25-6)19(24)23-10-9-22-13-23/h7-11,13H,12H2,1-6H3. The van der Waals surface area contributed by atoms with Gasteiger partial charge in [0.05, 0.1) is 19.3 Å². The third-order valence-electron chi connectivity index (χ3n) is 4.66. The van der Waals surface area contributed by atoms with E-state index in [-0.39, 0.29) is 16.7 Å². The molecule has 138 valence electrons. The molecule has 0 unspecified atom stereocenters. The zero-order chi connectivity index (χ0) is 19.1. The Balaban J connectivity index is 2.09. The maximum atomic E-state index is 12.6. The Labute approximate surface area is 154 Å². The normalized spacial score (nSPS) is 16.5. The second-order valence-corrected chi connectivity index (χ2v) is 8.32. The number of hydrogen-bond acceptors (Lipinski definition) is 4. The topological polar surface area (TPSA) is 53.4 Å². The lowest BCUT2D eigenvalue weighted by atomic mass is 9.71. The molecule has 0 aliphatic carbocycles. The Morgan fingerprint density at radius 3 is 2.62 bits per heavy atom. The van der Waals surface area contributed by atoms with Gasteiger partial charge in [-0.25, -0.2) is 4.98 Å². The van der Waals surface area contributed by atoms with Gasteiger partial charge in [0, 0.05) is 23.4 Å². The molecule has 0 saturated carbocycles. The third-order valence-corrected chi connectivity index (χ3v) is 4.66. The highest BCUT2D eigenvalue weighted by Gasteiger charge is 2.41. The smallest absolute Gasteiger partial charge is 0.266 e. The summed E-state index contributed by atoms with van der Waals surface area (Å²) in [5.41, 5.74) is 2.64. The number of carbonyl (C=O) groups is 1. The Morgan fingerprint density at radius 1 is 1.31 bits per heavy atom. The van der Waals surface area contributed by atoms with Crippen molar-refractivity contribution in [2.24, 2.45) is 10.8 Å². The first kappa shape index (κ1) is 18.2. The molecular weight excluding hydrogens is 328 g/mol. The van der Waals surface area contributed by atoms with Gasteiger partial charge in [0.2, 0.25) is 0 Å². The maximum Gasteiger partial charge on any atom is 0.266 e. The van der Waals surface area contributed by atoms with Gasteiger partial charge in [-0.2, -0.15) is 0 Å². The van der Waals surface area contributed by atoms with Crippen LogP contribution in [-0.2, 0) is 4.74 Å². The molecule has 5 nitrogen and oxygen atoms in total. The van der Waals surface area contributed by atoms with Crippen LogP contribution in [0.3, 0.4) is 0 Å². The molecule has 0 amide bonds. The molecule has 1 aromatic carbocycles. The first-order valence-corrected chi connectivity index (χ1v) is 8.74. The lowest BCUT2D eigenvalue weighted by molar-refractivity contribution is 0.0956. The Hall–Kier alpha value is -2.56. The van der Waals surface area contributed by atoms with E-state index in [1.807, 2.05) is 12.1 Å². The van der Waals surface area contributed by atoms with Gasteiger partial charge in [0.25, 0.3) is 5.91 Å². The van der Waals surface area contributed by atoms with Gasteiger partial charge >= 0.3 is 0 Å². The molecule has 0 N–H and O–H groups in total. The largest absolute Gasteiger partial charge is 0.496 e. The summed E-state index contributed by atoms with van der Waals surface area (Å²) in [7, 11) is 1.57. The van der Waals surface area contributed by atoms with Crippen molar-refractivity contribution in [3.63, 3.8) is 0 Å². The number of hydrogen-bond donors (Lipinski definition) is 0. The second kappa shape index (κ2) is 6.31. The van der Waals surface area contributed by atoms with E-state index in [9.17, 15) is 4.79 Å². The second-order valence-electron chi connectivity index (χ2n) is 8.32. The minimum Gasteiger partial charge on any atom is -0.496 e. The van der Waals surface area contributed by atoms with E-state index in [4.69, 9.17) is 9.47 Å². The van der Waals surface area contributed by atoms with Crippen LogP contribution in [0.2, 0.25) is 0 Å². The summed E-state index contributed by atoms with van der Waals surface area (Å²) in [6.45, 7) is 11.7. The van der Waals surface area contributed by atoms with Crippen LogP contribution in [0.4, 0.5) is 0 Å². The molecule has 2 heterocycles. The van der Waals surface area contributed by atoms with E-state index < -0.39 is 0 Å². The average Bonchev–Trinajstić information content (AvgIpc) is 3.20. The Bertz CT molecular complexity index is 856. The monoisotopic (exact) mass is 354 g/mol. The Kier molecular flexibility index (Phi) is 4.42. The minimum atomic E-state index is -0.177. The first-order chi connectivity index (χ1) is 12.1. The molecule has 1 aliphatic heterocycles. The zero-order valence-electron chi connectivity index (χ0n) is 16.3. The fraction of sp³-hybridized carbons (Fsp3) is 0.429. The highest BCUT2D eigenvalue weighted by Crippen LogP contribution is 2.49. The summed E-state index contributed by atoms with van der Waals surface area (Å²) in [6.07, 6.45) is 4.69. The van der Waals surface area contributed by atoms with E-state index in [2.05, 4.69) is 39.6 Å². The molecule has 0 atom stereocenters. The number of nitrogens with zero attached hydrogens (tertiary/aromatic N) is 2.